The number of aromatic nitrogens is 1. The average molecular weight is 419 g/mol. The van der Waals surface area contributed by atoms with Gasteiger partial charge >= 0.3 is 0 Å². The molecule has 0 atom stereocenters. The summed E-state index contributed by atoms with van der Waals surface area (Å²) in [4.78, 5) is 14.8. The van der Waals surface area contributed by atoms with E-state index in [9.17, 15) is 4.79 Å². The van der Waals surface area contributed by atoms with Gasteiger partial charge in [0.1, 0.15) is 13.1 Å². The minimum Gasteiger partial charge on any atom is -0.370 e. The Labute approximate surface area is 184 Å². The van der Waals surface area contributed by atoms with Gasteiger partial charge in [0.05, 0.1) is 25.3 Å². The Balaban J connectivity index is 1.57. The second-order valence-corrected chi connectivity index (χ2v) is 8.28. The van der Waals surface area contributed by atoms with Gasteiger partial charge in [-0.1, -0.05) is 48.5 Å². The van der Waals surface area contributed by atoms with Crippen LogP contribution in [0.3, 0.4) is 0 Å². The van der Waals surface area contributed by atoms with Gasteiger partial charge in [0, 0.05) is 30.0 Å². The maximum absolute atomic E-state index is 13.2. The third-order valence-electron chi connectivity index (χ3n) is 6.19. The first-order valence-electron chi connectivity index (χ1n) is 11.2. The number of amides is 1. The van der Waals surface area contributed by atoms with E-state index in [-0.39, 0.29) is 5.91 Å². The van der Waals surface area contributed by atoms with Gasteiger partial charge in [0.25, 0.3) is 5.91 Å². The molecule has 31 heavy (non-hydrogen) atoms. The van der Waals surface area contributed by atoms with Crippen LogP contribution in [0.1, 0.15) is 28.0 Å². The van der Waals surface area contributed by atoms with Crippen molar-refractivity contribution < 1.29 is 14.4 Å². The highest BCUT2D eigenvalue weighted by molar-refractivity contribution is 6.06. The van der Waals surface area contributed by atoms with Crippen LogP contribution in [0.2, 0.25) is 0 Å². The van der Waals surface area contributed by atoms with Crippen LogP contribution in [-0.4, -0.2) is 43.3 Å². The predicted molar refractivity (Wildman–Crippen MR) is 125 cm³/mol. The fraction of sp³-hybridized carbons (Fsp3) is 0.346. The number of quaternary nitrogens is 1. The molecule has 2 heterocycles. The van der Waals surface area contributed by atoms with Gasteiger partial charge in [-0.3, -0.25) is 4.79 Å². The van der Waals surface area contributed by atoms with Crippen molar-refractivity contribution in [3.63, 3.8) is 0 Å². The van der Waals surface area contributed by atoms with E-state index in [4.69, 9.17) is 4.74 Å². The number of carbonyl (C=O) groups excluding carboxylic acids is 1. The van der Waals surface area contributed by atoms with Crippen molar-refractivity contribution in [3.05, 3.63) is 77.5 Å². The molecule has 5 heteroatoms. The number of nitrogens with one attached hydrogen (secondary N) is 2. The fourth-order valence-electron chi connectivity index (χ4n) is 4.31. The molecule has 162 valence electrons. The first kappa shape index (κ1) is 21.3. The average Bonchev–Trinajstić information content (AvgIpc) is 3.13. The maximum Gasteiger partial charge on any atom is 0.257 e. The summed E-state index contributed by atoms with van der Waals surface area (Å²) in [6.07, 6.45) is 1.07. The molecule has 1 fully saturated rings. The summed E-state index contributed by atoms with van der Waals surface area (Å²) in [6, 6.07) is 20.3. The summed E-state index contributed by atoms with van der Waals surface area (Å²) in [5.74, 6) is -0.0541. The van der Waals surface area contributed by atoms with Crippen LogP contribution in [0.5, 0.6) is 0 Å². The number of rotatable bonds is 7. The Kier molecular flexibility index (Phi) is 6.85. The lowest BCUT2D eigenvalue weighted by Crippen LogP contribution is -3.14. The molecule has 2 aromatic carbocycles. The predicted octanol–water partition coefficient (Wildman–Crippen LogP) is 3.33. The molecular formula is C26H32N3O2+. The van der Waals surface area contributed by atoms with Gasteiger partial charge in [-0.2, -0.15) is 0 Å². The maximum atomic E-state index is 13.2. The Hall–Kier alpha value is -2.89. The zero-order chi connectivity index (χ0) is 21.6. The number of hydrogen-bond acceptors (Lipinski definition) is 2. The van der Waals surface area contributed by atoms with Gasteiger partial charge < -0.3 is 19.5 Å². The van der Waals surface area contributed by atoms with Gasteiger partial charge in [0.15, 0.2) is 0 Å². The number of morpholine rings is 1. The van der Waals surface area contributed by atoms with Crippen LogP contribution in [0, 0.1) is 13.8 Å². The van der Waals surface area contributed by atoms with Crippen molar-refractivity contribution in [1.82, 2.24) is 4.57 Å². The van der Waals surface area contributed by atoms with Crippen LogP contribution < -0.4 is 10.2 Å². The number of ether oxygens (including phenoxy) is 1. The van der Waals surface area contributed by atoms with Crippen LogP contribution in [-0.2, 0) is 11.3 Å². The molecule has 3 aromatic rings. The molecule has 1 aromatic heterocycles. The third kappa shape index (κ3) is 5.06. The summed E-state index contributed by atoms with van der Waals surface area (Å²) in [7, 11) is 0. The number of benzene rings is 2. The van der Waals surface area contributed by atoms with Crippen LogP contribution in [0.25, 0.3) is 11.3 Å². The van der Waals surface area contributed by atoms with Crippen molar-refractivity contribution in [2.45, 2.75) is 26.8 Å². The lowest BCUT2D eigenvalue weighted by molar-refractivity contribution is -0.908. The topological polar surface area (TPSA) is 47.7 Å². The monoisotopic (exact) mass is 418 g/mol. The van der Waals surface area contributed by atoms with Crippen molar-refractivity contribution in [2.75, 3.05) is 38.2 Å². The van der Waals surface area contributed by atoms with Gasteiger partial charge in [-0.15, -0.1) is 0 Å². The number of carbonyl (C=O) groups is 1. The van der Waals surface area contributed by atoms with E-state index in [1.54, 1.807) is 4.90 Å². The van der Waals surface area contributed by atoms with E-state index >= 15 is 0 Å². The molecule has 4 rings (SSSR count). The van der Waals surface area contributed by atoms with E-state index < -0.39 is 0 Å². The molecule has 0 spiro atoms. The van der Waals surface area contributed by atoms with Gasteiger partial charge in [0.2, 0.25) is 0 Å². The fourth-order valence-corrected chi connectivity index (χ4v) is 4.31. The minimum atomic E-state index is -0.0541. The SMILES string of the molecule is Cc1ccccc1NC(=O)c1cc(-c2ccccc2)n(CCC[NH+]2CCOCC2)c1C. The lowest BCUT2D eigenvalue weighted by Gasteiger charge is -2.24. The van der Waals surface area contributed by atoms with Crippen LogP contribution in [0.15, 0.2) is 60.7 Å². The Morgan fingerprint density at radius 3 is 2.48 bits per heavy atom. The smallest absolute Gasteiger partial charge is 0.257 e. The lowest BCUT2D eigenvalue weighted by atomic mass is 10.1. The summed E-state index contributed by atoms with van der Waals surface area (Å²) >= 11 is 0. The van der Waals surface area contributed by atoms with E-state index in [2.05, 4.69) is 28.9 Å². The molecule has 0 radical (unpaired) electrons. The highest BCUT2D eigenvalue weighted by Crippen LogP contribution is 2.27. The van der Waals surface area contributed by atoms with Crippen molar-refractivity contribution in [2.24, 2.45) is 0 Å². The van der Waals surface area contributed by atoms with Crippen molar-refractivity contribution in [3.8, 4) is 11.3 Å². The number of nitrogens with zero attached hydrogens (tertiary/aromatic N) is 1. The molecule has 0 unspecified atom stereocenters. The van der Waals surface area contributed by atoms with Crippen molar-refractivity contribution in [1.29, 1.82) is 0 Å². The van der Waals surface area contributed by atoms with Gasteiger partial charge in [-0.05, 0) is 37.1 Å². The molecule has 2 N–H and O–H groups in total. The molecule has 0 saturated carbocycles. The van der Waals surface area contributed by atoms with E-state index in [0.717, 1.165) is 79.6 Å². The number of anilines is 1. The second-order valence-electron chi connectivity index (χ2n) is 8.28. The normalized spacial score (nSPS) is 14.5. The summed E-state index contributed by atoms with van der Waals surface area (Å²) in [6.45, 7) is 9.98. The quantitative estimate of drug-likeness (QED) is 0.618. The Morgan fingerprint density at radius 2 is 1.74 bits per heavy atom. The van der Waals surface area contributed by atoms with Crippen LogP contribution >= 0.6 is 0 Å². The molecule has 0 bridgehead atoms. The van der Waals surface area contributed by atoms with Gasteiger partial charge in [-0.25, -0.2) is 0 Å². The van der Waals surface area contributed by atoms with Crippen molar-refractivity contribution >= 4 is 11.6 Å². The molecule has 1 amide bonds. The van der Waals surface area contributed by atoms with E-state index in [1.807, 2.05) is 55.5 Å². The molecule has 1 aliphatic rings. The standard InChI is InChI=1S/C26H31N3O2/c1-20-9-6-7-12-24(20)27-26(30)23-19-25(22-10-4-3-5-11-22)29(21(23)2)14-8-13-28-15-17-31-18-16-28/h3-7,9-12,19H,8,13-18H2,1-2H3,(H,27,30)/p+1. The molecule has 1 saturated heterocycles. The zero-order valence-electron chi connectivity index (χ0n) is 18.5. The highest BCUT2D eigenvalue weighted by atomic mass is 16.5. The third-order valence-corrected chi connectivity index (χ3v) is 6.19. The molecular weight excluding hydrogens is 386 g/mol. The van der Waals surface area contributed by atoms with E-state index in [0.29, 0.717) is 0 Å². The summed E-state index contributed by atoms with van der Waals surface area (Å²) < 4.78 is 7.78. The summed E-state index contributed by atoms with van der Waals surface area (Å²) in [5, 5.41) is 3.10. The Bertz CT molecular complexity index is 1020. The second kappa shape index (κ2) is 9.94. The zero-order valence-corrected chi connectivity index (χ0v) is 18.5. The molecule has 5 nitrogen and oxygen atoms in total. The minimum absolute atomic E-state index is 0.0541. The van der Waals surface area contributed by atoms with Crippen LogP contribution in [0.4, 0.5) is 5.69 Å². The molecule has 1 aliphatic heterocycles. The largest absolute Gasteiger partial charge is 0.370 e. The molecule has 0 aliphatic carbocycles. The number of aryl methyl sites for hydroxylation is 1. The first-order valence-corrected chi connectivity index (χ1v) is 11.2. The summed E-state index contributed by atoms with van der Waals surface area (Å²) in [5.41, 5.74) is 5.91. The number of hydrogen-bond donors (Lipinski definition) is 2. The number of para-hydroxylation sites is 1. The Morgan fingerprint density at radius 1 is 1.03 bits per heavy atom. The highest BCUT2D eigenvalue weighted by Gasteiger charge is 2.20. The first-order chi connectivity index (χ1) is 15.1. The van der Waals surface area contributed by atoms with E-state index in [1.165, 1.54) is 0 Å².